The van der Waals surface area contributed by atoms with Gasteiger partial charge in [0.05, 0.1) is 17.3 Å². The fourth-order valence-electron chi connectivity index (χ4n) is 3.44. The van der Waals surface area contributed by atoms with Crippen molar-refractivity contribution in [2.24, 2.45) is 14.1 Å². The lowest BCUT2D eigenvalue weighted by molar-refractivity contribution is -0.111. The van der Waals surface area contributed by atoms with Crippen molar-refractivity contribution in [2.45, 2.75) is 13.3 Å². The zero-order valence-corrected chi connectivity index (χ0v) is 16.8. The van der Waals surface area contributed by atoms with Gasteiger partial charge in [0.1, 0.15) is 17.0 Å². The molecule has 1 amide bonds. The minimum Gasteiger partial charge on any atom is -0.460 e. The maximum absolute atomic E-state index is 12.5. The minimum absolute atomic E-state index is 0.246. The third kappa shape index (κ3) is 3.22. The molecule has 1 N–H and O–H groups in total. The Morgan fingerprint density at radius 3 is 2.70 bits per heavy atom. The Labute approximate surface area is 171 Å². The van der Waals surface area contributed by atoms with Gasteiger partial charge in [-0.3, -0.25) is 18.7 Å². The second-order valence-electron chi connectivity index (χ2n) is 6.91. The number of pyridine rings is 1. The molecule has 0 bridgehead atoms. The summed E-state index contributed by atoms with van der Waals surface area (Å²) < 4.78 is 8.13. The van der Waals surface area contributed by atoms with Crippen molar-refractivity contribution in [2.75, 3.05) is 5.32 Å². The van der Waals surface area contributed by atoms with Crippen LogP contribution >= 0.6 is 0 Å². The lowest BCUT2D eigenvalue weighted by Gasteiger charge is -2.08. The molecule has 152 valence electrons. The third-order valence-corrected chi connectivity index (χ3v) is 4.99. The van der Waals surface area contributed by atoms with Gasteiger partial charge in [-0.25, -0.2) is 9.78 Å². The molecule has 0 saturated heterocycles. The first-order chi connectivity index (χ1) is 14.4. The highest BCUT2D eigenvalue weighted by Crippen LogP contribution is 2.27. The van der Waals surface area contributed by atoms with E-state index in [2.05, 4.69) is 10.3 Å². The van der Waals surface area contributed by atoms with Crippen LogP contribution in [0, 0.1) is 0 Å². The first-order valence-corrected chi connectivity index (χ1v) is 9.46. The fourth-order valence-corrected chi connectivity index (χ4v) is 3.44. The van der Waals surface area contributed by atoms with Crippen LogP contribution in [0.2, 0.25) is 0 Å². The third-order valence-electron chi connectivity index (χ3n) is 4.99. The Hall–Kier alpha value is -3.94. The predicted molar refractivity (Wildman–Crippen MR) is 115 cm³/mol. The highest BCUT2D eigenvalue weighted by atomic mass is 16.3. The number of nitrogens with zero attached hydrogens (tertiary/aromatic N) is 3. The average molecular weight is 404 g/mol. The molecule has 4 rings (SSSR count). The summed E-state index contributed by atoms with van der Waals surface area (Å²) in [5.74, 6) is 0.433. The number of benzene rings is 1. The molecule has 1 aromatic carbocycles. The monoisotopic (exact) mass is 404 g/mol. The average Bonchev–Trinajstić information content (AvgIpc) is 3.12. The summed E-state index contributed by atoms with van der Waals surface area (Å²) in [7, 11) is 2.94. The highest BCUT2D eigenvalue weighted by Gasteiger charge is 2.12. The van der Waals surface area contributed by atoms with Crippen molar-refractivity contribution in [3.05, 3.63) is 74.8 Å². The Kier molecular flexibility index (Phi) is 4.83. The van der Waals surface area contributed by atoms with Gasteiger partial charge in [0, 0.05) is 37.5 Å². The van der Waals surface area contributed by atoms with Crippen LogP contribution in [-0.2, 0) is 25.3 Å². The number of para-hydroxylation sites is 1. The normalized spacial score (nSPS) is 11.6. The molecule has 0 spiro atoms. The second-order valence-corrected chi connectivity index (χ2v) is 6.91. The van der Waals surface area contributed by atoms with Crippen molar-refractivity contribution < 1.29 is 9.21 Å². The maximum Gasteiger partial charge on any atom is 0.332 e. The van der Waals surface area contributed by atoms with E-state index in [0.717, 1.165) is 26.9 Å². The van der Waals surface area contributed by atoms with Crippen molar-refractivity contribution in [3.63, 3.8) is 0 Å². The molecule has 30 heavy (non-hydrogen) atoms. The molecule has 0 unspecified atom stereocenters. The number of aromatic nitrogens is 3. The number of amides is 1. The number of fused-ring (bicyclic) bond motifs is 2. The highest BCUT2D eigenvalue weighted by molar-refractivity contribution is 6.04. The van der Waals surface area contributed by atoms with E-state index in [1.807, 2.05) is 31.2 Å². The van der Waals surface area contributed by atoms with E-state index in [4.69, 9.17) is 4.42 Å². The molecule has 3 heterocycles. The standard InChI is InChI=1S/C22H20N4O4/c1-4-17-15(14-7-5-6-8-18(14)30-17)9-10-19(27)24-13-11-16-20(23-12-13)25(2)22(29)26(3)21(16)28/h5-12H,4H2,1-3H3,(H,24,27)/b10-9+. The quantitative estimate of drug-likeness (QED) is 0.527. The number of rotatable bonds is 4. The zero-order valence-electron chi connectivity index (χ0n) is 16.8. The van der Waals surface area contributed by atoms with Crippen LogP contribution in [0.5, 0.6) is 0 Å². The van der Waals surface area contributed by atoms with Gasteiger partial charge in [0.25, 0.3) is 5.56 Å². The largest absolute Gasteiger partial charge is 0.460 e. The van der Waals surface area contributed by atoms with Crippen molar-refractivity contribution in [1.29, 1.82) is 0 Å². The fraction of sp³-hybridized carbons (Fsp3) is 0.182. The molecular weight excluding hydrogens is 384 g/mol. The van der Waals surface area contributed by atoms with E-state index in [0.29, 0.717) is 12.1 Å². The van der Waals surface area contributed by atoms with Crippen LogP contribution in [0.15, 0.2) is 56.6 Å². The van der Waals surface area contributed by atoms with Gasteiger partial charge < -0.3 is 9.73 Å². The van der Waals surface area contributed by atoms with Crippen molar-refractivity contribution in [3.8, 4) is 0 Å². The zero-order chi connectivity index (χ0) is 21.4. The van der Waals surface area contributed by atoms with Gasteiger partial charge in [-0.2, -0.15) is 0 Å². The Bertz CT molecular complexity index is 1440. The van der Waals surface area contributed by atoms with Crippen molar-refractivity contribution >= 4 is 39.7 Å². The van der Waals surface area contributed by atoms with E-state index >= 15 is 0 Å². The summed E-state index contributed by atoms with van der Waals surface area (Å²) >= 11 is 0. The summed E-state index contributed by atoms with van der Waals surface area (Å²) in [6, 6.07) is 9.17. The Morgan fingerprint density at radius 2 is 1.93 bits per heavy atom. The van der Waals surface area contributed by atoms with Gasteiger partial charge >= 0.3 is 5.69 Å². The number of carbonyl (C=O) groups excluding carboxylic acids is 1. The molecule has 0 atom stereocenters. The molecule has 3 aromatic heterocycles. The number of nitrogens with one attached hydrogen (secondary N) is 1. The number of hydrogen-bond acceptors (Lipinski definition) is 5. The first-order valence-electron chi connectivity index (χ1n) is 9.46. The van der Waals surface area contributed by atoms with E-state index in [1.165, 1.54) is 30.0 Å². The van der Waals surface area contributed by atoms with Gasteiger partial charge in [-0.05, 0) is 18.2 Å². The summed E-state index contributed by atoms with van der Waals surface area (Å²) in [6.45, 7) is 1.99. The smallest absolute Gasteiger partial charge is 0.332 e. The number of aryl methyl sites for hydroxylation is 2. The van der Waals surface area contributed by atoms with Gasteiger partial charge in [0.2, 0.25) is 5.91 Å². The van der Waals surface area contributed by atoms with Crippen LogP contribution in [0.4, 0.5) is 5.69 Å². The molecule has 0 aliphatic carbocycles. The molecule has 0 saturated carbocycles. The van der Waals surface area contributed by atoms with Crippen LogP contribution in [0.1, 0.15) is 18.2 Å². The number of hydrogen-bond donors (Lipinski definition) is 1. The van der Waals surface area contributed by atoms with E-state index in [-0.39, 0.29) is 16.9 Å². The van der Waals surface area contributed by atoms with E-state index in [9.17, 15) is 14.4 Å². The molecule has 8 heteroatoms. The summed E-state index contributed by atoms with van der Waals surface area (Å²) in [5.41, 5.74) is 1.33. The van der Waals surface area contributed by atoms with Crippen LogP contribution in [-0.4, -0.2) is 20.0 Å². The van der Waals surface area contributed by atoms with Gasteiger partial charge in [-0.15, -0.1) is 0 Å². The number of carbonyl (C=O) groups is 1. The molecular formula is C22H20N4O4. The van der Waals surface area contributed by atoms with Crippen molar-refractivity contribution in [1.82, 2.24) is 14.1 Å². The number of anilines is 1. The second kappa shape index (κ2) is 7.47. The summed E-state index contributed by atoms with van der Waals surface area (Å²) in [6.07, 6.45) is 5.25. The van der Waals surface area contributed by atoms with Crippen LogP contribution < -0.4 is 16.6 Å². The molecule has 0 fully saturated rings. The molecule has 0 aliphatic heterocycles. The Balaban J connectivity index is 1.64. The Morgan fingerprint density at radius 1 is 1.17 bits per heavy atom. The van der Waals surface area contributed by atoms with E-state index in [1.54, 1.807) is 13.1 Å². The molecule has 4 aromatic rings. The summed E-state index contributed by atoms with van der Waals surface area (Å²) in [4.78, 5) is 41.0. The van der Waals surface area contributed by atoms with Gasteiger partial charge in [-0.1, -0.05) is 25.1 Å². The predicted octanol–water partition coefficient (Wildman–Crippen LogP) is 2.59. The van der Waals surface area contributed by atoms with Gasteiger partial charge in [0.15, 0.2) is 0 Å². The molecule has 8 nitrogen and oxygen atoms in total. The molecule has 0 aliphatic rings. The lowest BCUT2D eigenvalue weighted by atomic mass is 10.1. The first kappa shape index (κ1) is 19.4. The lowest BCUT2D eigenvalue weighted by Crippen LogP contribution is -2.37. The maximum atomic E-state index is 12.5. The van der Waals surface area contributed by atoms with Crippen LogP contribution in [0.25, 0.3) is 28.1 Å². The minimum atomic E-state index is -0.468. The number of furan rings is 1. The summed E-state index contributed by atoms with van der Waals surface area (Å²) in [5, 5.41) is 3.89. The van der Waals surface area contributed by atoms with E-state index < -0.39 is 11.2 Å². The topological polar surface area (TPSA) is 99.1 Å². The molecule has 0 radical (unpaired) electrons. The van der Waals surface area contributed by atoms with Crippen LogP contribution in [0.3, 0.4) is 0 Å². The SMILES string of the molecule is CCc1oc2ccccc2c1/C=C/C(=O)Nc1cnc2c(c1)c(=O)n(C)c(=O)n2C.